The zero-order valence-corrected chi connectivity index (χ0v) is 9.31. The van der Waals surface area contributed by atoms with Gasteiger partial charge in [0.25, 0.3) is 0 Å². The first-order valence-corrected chi connectivity index (χ1v) is 5.62. The maximum Gasteiger partial charge on any atom is 0.183 e. The molecule has 0 saturated carbocycles. The molecule has 1 saturated heterocycles. The van der Waals surface area contributed by atoms with Gasteiger partial charge in [0.15, 0.2) is 5.43 Å². The van der Waals surface area contributed by atoms with E-state index in [9.17, 15) is 4.79 Å². The van der Waals surface area contributed by atoms with Crippen molar-refractivity contribution in [3.63, 3.8) is 0 Å². The Kier molecular flexibility index (Phi) is 2.11. The molecule has 0 aliphatic carbocycles. The molecule has 0 aromatic carbocycles. The number of rotatable bonds is 1. The highest BCUT2D eigenvalue weighted by molar-refractivity contribution is 5.40. The number of fused-ring (bicyclic) bond motifs is 1. The van der Waals surface area contributed by atoms with Gasteiger partial charge in [-0.3, -0.25) is 4.79 Å². The first kappa shape index (κ1) is 9.66. The molecular formula is C12H15N3O. The second kappa shape index (κ2) is 3.49. The average molecular weight is 217 g/mol. The summed E-state index contributed by atoms with van der Waals surface area (Å²) in [5.74, 6) is 0.569. The van der Waals surface area contributed by atoms with E-state index in [0.717, 1.165) is 18.7 Å². The van der Waals surface area contributed by atoms with Crippen molar-refractivity contribution in [2.45, 2.75) is 12.3 Å². The van der Waals surface area contributed by atoms with Crippen LogP contribution in [0.4, 0.5) is 0 Å². The Balaban J connectivity index is 2.02. The zero-order valence-electron chi connectivity index (χ0n) is 9.31. The van der Waals surface area contributed by atoms with Gasteiger partial charge in [-0.1, -0.05) is 0 Å². The Hall–Kier alpha value is -1.55. The Morgan fingerprint density at radius 1 is 1.50 bits per heavy atom. The minimum absolute atomic E-state index is 0.0527. The summed E-state index contributed by atoms with van der Waals surface area (Å²) in [4.78, 5) is 16.9. The SMILES string of the molecule is CN1CCC(c2cn3ccc(=O)cc3[nH]2)C1. The maximum absolute atomic E-state index is 11.2. The number of nitrogens with one attached hydrogen (secondary N) is 1. The number of imidazole rings is 1. The van der Waals surface area contributed by atoms with Crippen LogP contribution in [0.1, 0.15) is 18.0 Å². The molecule has 1 fully saturated rings. The number of pyridine rings is 1. The first-order valence-electron chi connectivity index (χ1n) is 5.62. The van der Waals surface area contributed by atoms with E-state index < -0.39 is 0 Å². The van der Waals surface area contributed by atoms with E-state index in [2.05, 4.69) is 23.1 Å². The standard InChI is InChI=1S/C12H15N3O/c1-14-4-2-9(7-14)11-8-15-5-3-10(16)6-12(15)13-11/h3,5-6,8-9,13H,2,4,7H2,1H3. The van der Waals surface area contributed by atoms with Crippen LogP contribution in [-0.4, -0.2) is 34.4 Å². The number of nitrogens with zero attached hydrogens (tertiary/aromatic N) is 2. The predicted octanol–water partition coefficient (Wildman–Crippen LogP) is 1.05. The normalized spacial score (nSPS) is 21.9. The third-order valence-corrected chi connectivity index (χ3v) is 3.34. The molecule has 1 aliphatic heterocycles. The fraction of sp³-hybridized carbons (Fsp3) is 0.417. The molecule has 2 aromatic rings. The predicted molar refractivity (Wildman–Crippen MR) is 62.9 cm³/mol. The quantitative estimate of drug-likeness (QED) is 0.775. The zero-order chi connectivity index (χ0) is 11.1. The van der Waals surface area contributed by atoms with Gasteiger partial charge in [0.2, 0.25) is 0 Å². The fourth-order valence-electron chi connectivity index (χ4n) is 2.43. The van der Waals surface area contributed by atoms with E-state index in [1.165, 1.54) is 12.1 Å². The van der Waals surface area contributed by atoms with Crippen molar-refractivity contribution in [1.29, 1.82) is 0 Å². The number of likely N-dealkylation sites (tertiary alicyclic amines) is 1. The molecule has 3 heterocycles. The van der Waals surface area contributed by atoms with Crippen LogP contribution in [0.3, 0.4) is 0 Å². The smallest absolute Gasteiger partial charge is 0.183 e. The number of H-pyrrole nitrogens is 1. The van der Waals surface area contributed by atoms with Crippen LogP contribution in [0.2, 0.25) is 0 Å². The first-order chi connectivity index (χ1) is 7.72. The van der Waals surface area contributed by atoms with E-state index in [0.29, 0.717) is 5.92 Å². The van der Waals surface area contributed by atoms with Crippen molar-refractivity contribution < 1.29 is 0 Å². The average Bonchev–Trinajstić information content (AvgIpc) is 2.83. The van der Waals surface area contributed by atoms with E-state index in [1.54, 1.807) is 12.1 Å². The molecule has 0 bridgehead atoms. The number of likely N-dealkylation sites (N-methyl/N-ethyl adjacent to an activating group) is 1. The summed E-state index contributed by atoms with van der Waals surface area (Å²) in [6.45, 7) is 2.25. The number of aromatic amines is 1. The molecule has 16 heavy (non-hydrogen) atoms. The van der Waals surface area contributed by atoms with Gasteiger partial charge in [-0.2, -0.15) is 0 Å². The molecule has 0 amide bonds. The van der Waals surface area contributed by atoms with Crippen molar-refractivity contribution in [2.24, 2.45) is 0 Å². The monoisotopic (exact) mass is 217 g/mol. The third kappa shape index (κ3) is 1.55. The van der Waals surface area contributed by atoms with Crippen molar-refractivity contribution >= 4 is 5.65 Å². The Labute approximate surface area is 93.5 Å². The summed E-state index contributed by atoms with van der Waals surface area (Å²) in [5, 5.41) is 0. The van der Waals surface area contributed by atoms with Crippen molar-refractivity contribution in [3.8, 4) is 0 Å². The maximum atomic E-state index is 11.2. The minimum atomic E-state index is 0.0527. The van der Waals surface area contributed by atoms with E-state index in [-0.39, 0.29) is 5.43 Å². The van der Waals surface area contributed by atoms with Crippen LogP contribution in [0, 0.1) is 0 Å². The van der Waals surface area contributed by atoms with E-state index >= 15 is 0 Å². The molecule has 4 heteroatoms. The lowest BCUT2D eigenvalue weighted by Gasteiger charge is -2.07. The van der Waals surface area contributed by atoms with Crippen LogP contribution in [-0.2, 0) is 0 Å². The van der Waals surface area contributed by atoms with Crippen molar-refractivity contribution in [1.82, 2.24) is 14.3 Å². The topological polar surface area (TPSA) is 40.5 Å². The lowest BCUT2D eigenvalue weighted by molar-refractivity contribution is 0.411. The molecule has 0 radical (unpaired) electrons. The Bertz CT molecular complexity index is 569. The summed E-state index contributed by atoms with van der Waals surface area (Å²) in [6, 6.07) is 3.23. The fourth-order valence-corrected chi connectivity index (χ4v) is 2.43. The summed E-state index contributed by atoms with van der Waals surface area (Å²) in [6.07, 6.45) is 5.10. The number of hydrogen-bond donors (Lipinski definition) is 1. The molecule has 84 valence electrons. The van der Waals surface area contributed by atoms with Gasteiger partial charge in [-0.05, 0) is 20.0 Å². The molecule has 2 aromatic heterocycles. The van der Waals surface area contributed by atoms with E-state index in [4.69, 9.17) is 0 Å². The highest BCUT2D eigenvalue weighted by Gasteiger charge is 2.22. The highest BCUT2D eigenvalue weighted by Crippen LogP contribution is 2.25. The molecule has 1 unspecified atom stereocenters. The lowest BCUT2D eigenvalue weighted by atomic mass is 10.1. The summed E-state index contributed by atoms with van der Waals surface area (Å²) < 4.78 is 1.98. The van der Waals surface area contributed by atoms with Gasteiger partial charge < -0.3 is 14.3 Å². The largest absolute Gasteiger partial charge is 0.343 e. The van der Waals surface area contributed by atoms with E-state index in [1.807, 2.05) is 10.6 Å². The van der Waals surface area contributed by atoms with Gasteiger partial charge in [0.1, 0.15) is 5.65 Å². The molecule has 3 rings (SSSR count). The van der Waals surface area contributed by atoms with Crippen molar-refractivity contribution in [3.05, 3.63) is 40.4 Å². The lowest BCUT2D eigenvalue weighted by Crippen LogP contribution is -2.13. The van der Waals surface area contributed by atoms with Gasteiger partial charge >= 0.3 is 0 Å². The molecule has 4 nitrogen and oxygen atoms in total. The van der Waals surface area contributed by atoms with Crippen molar-refractivity contribution in [2.75, 3.05) is 20.1 Å². The van der Waals surface area contributed by atoms with Crippen LogP contribution in [0.25, 0.3) is 5.65 Å². The third-order valence-electron chi connectivity index (χ3n) is 3.34. The van der Waals surface area contributed by atoms with Crippen LogP contribution >= 0.6 is 0 Å². The Morgan fingerprint density at radius 2 is 2.38 bits per heavy atom. The Morgan fingerprint density at radius 3 is 3.12 bits per heavy atom. The summed E-state index contributed by atoms with van der Waals surface area (Å²) in [5.41, 5.74) is 2.17. The highest BCUT2D eigenvalue weighted by atomic mass is 16.1. The number of hydrogen-bond acceptors (Lipinski definition) is 2. The van der Waals surface area contributed by atoms with Gasteiger partial charge in [0, 0.05) is 42.7 Å². The van der Waals surface area contributed by atoms with Gasteiger partial charge in [0.05, 0.1) is 0 Å². The van der Waals surface area contributed by atoms with Crippen LogP contribution in [0.15, 0.2) is 29.3 Å². The number of aromatic nitrogens is 2. The summed E-state index contributed by atoms with van der Waals surface area (Å²) >= 11 is 0. The second-order valence-electron chi connectivity index (χ2n) is 4.61. The molecule has 1 aliphatic rings. The summed E-state index contributed by atoms with van der Waals surface area (Å²) in [7, 11) is 2.14. The van der Waals surface area contributed by atoms with Crippen LogP contribution in [0.5, 0.6) is 0 Å². The van der Waals surface area contributed by atoms with Crippen LogP contribution < -0.4 is 5.43 Å². The second-order valence-corrected chi connectivity index (χ2v) is 4.61. The van der Waals surface area contributed by atoms with Gasteiger partial charge in [-0.15, -0.1) is 0 Å². The molecule has 0 spiro atoms. The molecular weight excluding hydrogens is 202 g/mol. The minimum Gasteiger partial charge on any atom is -0.343 e. The van der Waals surface area contributed by atoms with Gasteiger partial charge in [-0.25, -0.2) is 0 Å². The molecule has 1 N–H and O–H groups in total. The molecule has 1 atom stereocenters.